The standard InChI is InChI=1S/C8H18BO7P3S4/c1-2-7(10)3-4-8(11)12-5-6-13-17(9)14-18(20,21)16-19(22,23)15-17/h2-6H2,1,9H3,(H,20,21)(H,22,23). The van der Waals surface area contributed by atoms with Crippen molar-refractivity contribution < 1.29 is 31.8 Å². The molecule has 0 N–H and O–H groups in total. The number of carbonyl (C=O) groups excluding carboxylic acids is 2. The molecule has 15 heteroatoms. The van der Waals surface area contributed by atoms with Crippen LogP contribution >= 0.6 is 43.7 Å². The Morgan fingerprint density at radius 3 is 2.26 bits per heavy atom. The van der Waals surface area contributed by atoms with Crippen molar-refractivity contribution in [1.29, 1.82) is 0 Å². The van der Waals surface area contributed by atoms with Gasteiger partial charge in [-0.1, -0.05) is 31.4 Å². The van der Waals surface area contributed by atoms with Gasteiger partial charge in [0.05, 0.1) is 6.42 Å². The van der Waals surface area contributed by atoms with Crippen LogP contribution in [-0.2, 0) is 55.4 Å². The molecule has 1 fully saturated rings. The van der Waals surface area contributed by atoms with E-state index in [1.807, 2.05) is 0 Å². The maximum Gasteiger partial charge on any atom is 0.306 e. The Balaban J connectivity index is 2.37. The van der Waals surface area contributed by atoms with E-state index in [9.17, 15) is 9.59 Å². The molecule has 2 atom stereocenters. The van der Waals surface area contributed by atoms with E-state index in [4.69, 9.17) is 45.8 Å². The number of hydrogen-bond donors (Lipinski definition) is 2. The summed E-state index contributed by atoms with van der Waals surface area (Å²) in [6, 6.07) is 0. The summed E-state index contributed by atoms with van der Waals surface area (Å²) in [4.78, 5) is 22.6. The van der Waals surface area contributed by atoms with Crippen LogP contribution in [0.15, 0.2) is 0 Å². The lowest BCUT2D eigenvalue weighted by molar-refractivity contribution is -0.145. The lowest BCUT2D eigenvalue weighted by atomic mass is 10.2. The summed E-state index contributed by atoms with van der Waals surface area (Å²) in [5, 5.41) is 0. The Labute approximate surface area is 157 Å². The average Bonchev–Trinajstić information content (AvgIpc) is 2.36. The Morgan fingerprint density at radius 1 is 1.17 bits per heavy atom. The molecule has 0 amide bonds. The maximum atomic E-state index is 11.5. The number of carbonyl (C=O) groups is 2. The van der Waals surface area contributed by atoms with E-state index in [-0.39, 0.29) is 31.8 Å². The van der Waals surface area contributed by atoms with E-state index >= 15 is 0 Å². The van der Waals surface area contributed by atoms with E-state index in [2.05, 4.69) is 24.5 Å². The van der Waals surface area contributed by atoms with Gasteiger partial charge in [-0.2, -0.15) is 8.62 Å². The summed E-state index contributed by atoms with van der Waals surface area (Å²) >= 11 is 18.6. The summed E-state index contributed by atoms with van der Waals surface area (Å²) in [7, 11) is -3.15. The molecule has 0 aromatic carbocycles. The second-order valence-corrected chi connectivity index (χ2v) is 16.1. The number of esters is 1. The normalized spacial score (nSPS) is 34.1. The molecule has 1 heterocycles. The highest BCUT2D eigenvalue weighted by atomic mass is 32.9. The van der Waals surface area contributed by atoms with Crippen molar-refractivity contribution in [2.24, 2.45) is 0 Å². The van der Waals surface area contributed by atoms with Gasteiger partial charge in [0.25, 0.3) is 11.4 Å². The molecule has 0 saturated carbocycles. The maximum absolute atomic E-state index is 11.5. The van der Waals surface area contributed by atoms with Gasteiger partial charge in [0.2, 0.25) is 15.4 Å². The number of Topliss-reactive ketones (excluding diaryl/α,β-unsaturated/α-hetero) is 1. The number of hydrogen-bond acceptors (Lipinski definition) is 9. The van der Waals surface area contributed by atoms with Crippen molar-refractivity contribution in [2.45, 2.75) is 26.2 Å². The van der Waals surface area contributed by atoms with Crippen LogP contribution in [0.3, 0.4) is 0 Å². The topological polar surface area (TPSA) is 80.3 Å². The van der Waals surface area contributed by atoms with Crippen molar-refractivity contribution in [3.05, 3.63) is 0 Å². The predicted octanol–water partition coefficient (Wildman–Crippen LogP) is 2.72. The third kappa shape index (κ3) is 9.11. The van der Waals surface area contributed by atoms with Crippen LogP contribution in [0.2, 0.25) is 0 Å². The Kier molecular flexibility index (Phi) is 9.22. The fourth-order valence-corrected chi connectivity index (χ4v) is 12.7. The molecular weight excluding hydrogens is 440 g/mol. The first-order valence-electron chi connectivity index (χ1n) is 6.00. The van der Waals surface area contributed by atoms with Gasteiger partial charge >= 0.3 is 5.97 Å². The highest BCUT2D eigenvalue weighted by Crippen LogP contribution is 2.88. The van der Waals surface area contributed by atoms with Gasteiger partial charge in [-0.05, 0) is 23.6 Å². The van der Waals surface area contributed by atoms with E-state index in [1.54, 1.807) is 6.92 Å². The molecule has 0 aromatic rings. The van der Waals surface area contributed by atoms with Gasteiger partial charge in [-0.25, -0.2) is 4.52 Å². The molecule has 1 saturated heterocycles. The fraction of sp³-hybridized carbons (Fsp3) is 0.750. The quantitative estimate of drug-likeness (QED) is 0.188. The molecule has 1 aliphatic rings. The molecule has 134 valence electrons. The number of thiol groups is 2. The molecule has 2 unspecified atom stereocenters. The average molecular weight is 458 g/mol. The first kappa shape index (κ1) is 22.5. The summed E-state index contributed by atoms with van der Waals surface area (Å²) in [5.74, 6) is -0.422. The minimum atomic E-state index is -2.81. The van der Waals surface area contributed by atoms with Gasteiger partial charge in [0.1, 0.15) is 19.0 Å². The molecule has 7 nitrogen and oxygen atoms in total. The molecule has 0 spiro atoms. The molecule has 23 heavy (non-hydrogen) atoms. The monoisotopic (exact) mass is 458 g/mol. The minimum Gasteiger partial charge on any atom is -0.463 e. The lowest BCUT2D eigenvalue weighted by Gasteiger charge is -2.36. The lowest BCUT2D eigenvalue weighted by Crippen LogP contribution is -2.14. The molecule has 0 bridgehead atoms. The Hall–Kier alpha value is 1.47. The molecular formula is C8H18BO7P3S4. The summed E-state index contributed by atoms with van der Waals surface area (Å²) < 4.78 is 27.0. The highest BCUT2D eigenvalue weighted by Gasteiger charge is 2.49. The molecule has 1 rings (SSSR count). The largest absolute Gasteiger partial charge is 0.463 e. The molecule has 0 aliphatic carbocycles. The third-order valence-corrected chi connectivity index (χ3v) is 11.9. The molecule has 1 aliphatic heterocycles. The third-order valence-electron chi connectivity index (χ3n) is 2.09. The van der Waals surface area contributed by atoms with Gasteiger partial charge in [0.15, 0.2) is 0 Å². The minimum absolute atomic E-state index is 0.0236. The number of ether oxygens (including phenoxy) is 1. The first-order valence-corrected chi connectivity index (χ1v) is 14.7. The number of ketones is 1. The highest BCUT2D eigenvalue weighted by molar-refractivity contribution is 8.67. The van der Waals surface area contributed by atoms with E-state index in [1.165, 1.54) is 0 Å². The van der Waals surface area contributed by atoms with Crippen LogP contribution in [0.4, 0.5) is 0 Å². The molecule has 0 aromatic heterocycles. The molecule has 0 radical (unpaired) electrons. The van der Waals surface area contributed by atoms with Crippen molar-refractivity contribution in [1.82, 2.24) is 0 Å². The smallest absolute Gasteiger partial charge is 0.306 e. The summed E-state index contributed by atoms with van der Waals surface area (Å²) in [5.41, 5.74) is -5.62. The van der Waals surface area contributed by atoms with Crippen molar-refractivity contribution in [3.8, 4) is 0 Å². The second kappa shape index (κ2) is 9.42. The van der Waals surface area contributed by atoms with Crippen LogP contribution in [0.25, 0.3) is 0 Å². The van der Waals surface area contributed by atoms with Crippen LogP contribution in [0.1, 0.15) is 26.2 Å². The van der Waals surface area contributed by atoms with Crippen LogP contribution in [0.5, 0.6) is 0 Å². The predicted molar refractivity (Wildman–Crippen MR) is 108 cm³/mol. The summed E-state index contributed by atoms with van der Waals surface area (Å²) in [6.45, 7) is 1.88. The second-order valence-electron chi connectivity index (χ2n) is 3.85. The fourth-order valence-electron chi connectivity index (χ4n) is 1.15. The van der Waals surface area contributed by atoms with Crippen LogP contribution in [-0.4, -0.2) is 32.5 Å². The van der Waals surface area contributed by atoms with Gasteiger partial charge in [-0.15, -0.1) is 0 Å². The van der Waals surface area contributed by atoms with Crippen molar-refractivity contribution >= 4 is 86.6 Å². The van der Waals surface area contributed by atoms with Crippen LogP contribution in [0, 0.1) is 0 Å². The zero-order chi connectivity index (χ0) is 17.7. The number of rotatable bonds is 8. The van der Waals surface area contributed by atoms with E-state index in [0.29, 0.717) is 6.42 Å². The SMILES string of the molecule is [BH3-][P+]1(OCCOC(=O)CCC(=O)CC)OP(=S)(S)OP(=S)(S)O1. The zero-order valence-corrected chi connectivity index (χ0v) is 17.6. The van der Waals surface area contributed by atoms with Gasteiger partial charge in [-0.3, -0.25) is 13.9 Å². The van der Waals surface area contributed by atoms with Crippen molar-refractivity contribution in [2.75, 3.05) is 13.2 Å². The summed E-state index contributed by atoms with van der Waals surface area (Å²) in [6.07, 6.45) is 0.667. The van der Waals surface area contributed by atoms with E-state index in [0.717, 1.165) is 0 Å². The van der Waals surface area contributed by atoms with Crippen molar-refractivity contribution in [3.63, 3.8) is 0 Å². The zero-order valence-electron chi connectivity index (χ0n) is 11.4. The van der Waals surface area contributed by atoms with Gasteiger partial charge in [0, 0.05) is 12.8 Å². The van der Waals surface area contributed by atoms with Gasteiger partial charge < -0.3 is 4.74 Å². The van der Waals surface area contributed by atoms with E-state index < -0.39 is 32.7 Å². The Bertz CT molecular complexity index is 538. The Morgan fingerprint density at radius 2 is 1.74 bits per heavy atom. The first-order chi connectivity index (χ1) is 10.5. The van der Waals surface area contributed by atoms with Crippen LogP contribution < -0.4 is 0 Å².